The fourth-order valence-corrected chi connectivity index (χ4v) is 3.11. The van der Waals surface area contributed by atoms with Gasteiger partial charge in [0.1, 0.15) is 5.76 Å². The highest BCUT2D eigenvalue weighted by Crippen LogP contribution is 2.29. The molecule has 0 saturated carbocycles. The minimum atomic E-state index is -0.114. The summed E-state index contributed by atoms with van der Waals surface area (Å²) >= 11 is 0. The Balaban J connectivity index is 2.07. The molecule has 108 valence electrons. The maximum Gasteiger partial charge on any atom is 0.122 e. The maximum absolute atomic E-state index is 6.10. The number of nitrogens with one attached hydrogen (secondary N) is 1. The summed E-state index contributed by atoms with van der Waals surface area (Å²) in [6.07, 6.45) is 1.78. The van der Waals surface area contributed by atoms with Crippen molar-refractivity contribution >= 4 is 0 Å². The molecule has 1 aliphatic rings. The van der Waals surface area contributed by atoms with E-state index in [0.717, 1.165) is 31.9 Å². The largest absolute Gasteiger partial charge is 0.468 e. The van der Waals surface area contributed by atoms with Crippen LogP contribution in [0.5, 0.6) is 0 Å². The lowest BCUT2D eigenvalue weighted by molar-refractivity contribution is -0.182. The zero-order chi connectivity index (χ0) is 14.1. The van der Waals surface area contributed by atoms with Crippen LogP contribution in [0.25, 0.3) is 0 Å². The minimum absolute atomic E-state index is 0.114. The van der Waals surface area contributed by atoms with E-state index in [9.17, 15) is 0 Å². The highest BCUT2D eigenvalue weighted by atomic mass is 16.5. The molecule has 0 radical (unpaired) electrons. The summed E-state index contributed by atoms with van der Waals surface area (Å²) in [5, 5.41) is 3.18. The van der Waals surface area contributed by atoms with Crippen LogP contribution in [-0.4, -0.2) is 36.2 Å². The molecular formula is C15H26N2O2. The molecule has 2 rings (SSSR count). The molecule has 1 saturated heterocycles. The SMILES string of the molecule is CNCc1ccoc1CN1CC(C)(C)OC(C)(C)C1. The zero-order valence-electron chi connectivity index (χ0n) is 12.7. The van der Waals surface area contributed by atoms with Crippen LogP contribution in [0.4, 0.5) is 0 Å². The maximum atomic E-state index is 6.10. The molecule has 1 fully saturated rings. The minimum Gasteiger partial charge on any atom is -0.468 e. The number of furan rings is 1. The van der Waals surface area contributed by atoms with E-state index in [1.807, 2.05) is 13.1 Å². The number of hydrogen-bond donors (Lipinski definition) is 1. The third-order valence-corrected chi connectivity index (χ3v) is 3.33. The van der Waals surface area contributed by atoms with Crippen molar-refractivity contribution in [2.24, 2.45) is 0 Å². The standard InChI is InChI=1S/C15H26N2O2/c1-14(2)10-17(11-15(3,4)19-14)9-13-12(8-16-5)6-7-18-13/h6-7,16H,8-11H2,1-5H3. The third kappa shape index (κ3) is 3.81. The van der Waals surface area contributed by atoms with E-state index >= 15 is 0 Å². The van der Waals surface area contributed by atoms with Gasteiger partial charge >= 0.3 is 0 Å². The fraction of sp³-hybridized carbons (Fsp3) is 0.733. The summed E-state index contributed by atoms with van der Waals surface area (Å²) in [5.41, 5.74) is 1.01. The van der Waals surface area contributed by atoms with E-state index in [1.54, 1.807) is 6.26 Å². The van der Waals surface area contributed by atoms with Gasteiger partial charge < -0.3 is 14.5 Å². The van der Waals surface area contributed by atoms with Gasteiger partial charge in [0.25, 0.3) is 0 Å². The fourth-order valence-electron chi connectivity index (χ4n) is 3.11. The van der Waals surface area contributed by atoms with Crippen molar-refractivity contribution in [3.8, 4) is 0 Å². The van der Waals surface area contributed by atoms with Crippen LogP contribution in [-0.2, 0) is 17.8 Å². The first-order valence-electron chi connectivity index (χ1n) is 6.94. The number of rotatable bonds is 4. The predicted molar refractivity (Wildman–Crippen MR) is 76.0 cm³/mol. The number of morpholine rings is 1. The van der Waals surface area contributed by atoms with Crippen LogP contribution in [0.3, 0.4) is 0 Å². The van der Waals surface area contributed by atoms with Gasteiger partial charge in [-0.15, -0.1) is 0 Å². The van der Waals surface area contributed by atoms with Crippen molar-refractivity contribution in [3.05, 3.63) is 23.7 Å². The van der Waals surface area contributed by atoms with E-state index in [2.05, 4.69) is 37.9 Å². The van der Waals surface area contributed by atoms with Crippen LogP contribution >= 0.6 is 0 Å². The van der Waals surface area contributed by atoms with E-state index < -0.39 is 0 Å². The highest BCUT2D eigenvalue weighted by molar-refractivity contribution is 5.17. The van der Waals surface area contributed by atoms with E-state index in [1.165, 1.54) is 5.56 Å². The first-order valence-corrected chi connectivity index (χ1v) is 6.94. The highest BCUT2D eigenvalue weighted by Gasteiger charge is 2.38. The molecule has 0 bridgehead atoms. The average Bonchev–Trinajstić information content (AvgIpc) is 2.61. The molecule has 1 aromatic heterocycles. The van der Waals surface area contributed by atoms with Gasteiger partial charge in [0.15, 0.2) is 0 Å². The summed E-state index contributed by atoms with van der Waals surface area (Å²) in [7, 11) is 1.96. The topological polar surface area (TPSA) is 37.6 Å². The van der Waals surface area contributed by atoms with Gasteiger partial charge in [-0.2, -0.15) is 0 Å². The molecule has 0 amide bonds. The normalized spacial score (nSPS) is 22.6. The lowest BCUT2D eigenvalue weighted by atomic mass is 9.98. The molecule has 19 heavy (non-hydrogen) atoms. The summed E-state index contributed by atoms with van der Waals surface area (Å²) in [4.78, 5) is 2.42. The van der Waals surface area contributed by atoms with E-state index in [0.29, 0.717) is 0 Å². The van der Waals surface area contributed by atoms with Gasteiger partial charge in [0.2, 0.25) is 0 Å². The third-order valence-electron chi connectivity index (χ3n) is 3.33. The second kappa shape index (κ2) is 5.27. The van der Waals surface area contributed by atoms with Crippen LogP contribution in [0.1, 0.15) is 39.0 Å². The van der Waals surface area contributed by atoms with Crippen molar-refractivity contribution in [2.45, 2.75) is 52.0 Å². The number of ether oxygens (including phenoxy) is 1. The Labute approximate surface area is 116 Å². The predicted octanol–water partition coefficient (Wildman–Crippen LogP) is 2.39. The molecule has 0 unspecified atom stereocenters. The molecule has 0 aromatic carbocycles. The molecule has 2 heterocycles. The van der Waals surface area contributed by atoms with Crippen molar-refractivity contribution in [1.82, 2.24) is 10.2 Å². The smallest absolute Gasteiger partial charge is 0.122 e. The second-order valence-electron chi connectivity index (χ2n) is 6.67. The van der Waals surface area contributed by atoms with Gasteiger partial charge in [0, 0.05) is 25.2 Å². The van der Waals surface area contributed by atoms with Crippen LogP contribution in [0, 0.1) is 0 Å². The van der Waals surface area contributed by atoms with Crippen LogP contribution in [0.2, 0.25) is 0 Å². The van der Waals surface area contributed by atoms with Gasteiger partial charge in [0.05, 0.1) is 24.0 Å². The molecule has 0 atom stereocenters. The van der Waals surface area contributed by atoms with Crippen LogP contribution < -0.4 is 5.32 Å². The Bertz CT molecular complexity index is 408. The second-order valence-corrected chi connectivity index (χ2v) is 6.67. The first-order chi connectivity index (χ1) is 8.81. The molecule has 1 aliphatic heterocycles. The Morgan fingerprint density at radius 1 is 1.21 bits per heavy atom. The lowest BCUT2D eigenvalue weighted by Gasteiger charge is -2.47. The van der Waals surface area contributed by atoms with Crippen molar-refractivity contribution in [3.63, 3.8) is 0 Å². The van der Waals surface area contributed by atoms with Gasteiger partial charge in [-0.05, 0) is 40.8 Å². The quantitative estimate of drug-likeness (QED) is 0.908. The molecule has 1 N–H and O–H groups in total. The Kier molecular flexibility index (Phi) is 4.04. The first kappa shape index (κ1) is 14.6. The number of hydrogen-bond acceptors (Lipinski definition) is 4. The molecule has 4 nitrogen and oxygen atoms in total. The van der Waals surface area contributed by atoms with E-state index in [4.69, 9.17) is 9.15 Å². The number of nitrogens with zero attached hydrogens (tertiary/aromatic N) is 1. The van der Waals surface area contributed by atoms with Gasteiger partial charge in [-0.25, -0.2) is 0 Å². The zero-order valence-corrected chi connectivity index (χ0v) is 12.7. The summed E-state index contributed by atoms with van der Waals surface area (Å²) in [6.45, 7) is 12.2. The van der Waals surface area contributed by atoms with Crippen molar-refractivity contribution in [2.75, 3.05) is 20.1 Å². The summed E-state index contributed by atoms with van der Waals surface area (Å²) < 4.78 is 11.7. The summed E-state index contributed by atoms with van der Waals surface area (Å²) in [6, 6.07) is 2.04. The van der Waals surface area contributed by atoms with Gasteiger partial charge in [-0.3, -0.25) is 4.90 Å². The van der Waals surface area contributed by atoms with Gasteiger partial charge in [-0.1, -0.05) is 0 Å². The Morgan fingerprint density at radius 3 is 2.42 bits per heavy atom. The Morgan fingerprint density at radius 2 is 1.84 bits per heavy atom. The lowest BCUT2D eigenvalue weighted by Crippen LogP contribution is -2.56. The molecular weight excluding hydrogens is 240 g/mol. The monoisotopic (exact) mass is 266 g/mol. The van der Waals surface area contributed by atoms with E-state index in [-0.39, 0.29) is 11.2 Å². The molecule has 1 aromatic rings. The molecule has 0 spiro atoms. The Hall–Kier alpha value is -0.840. The average molecular weight is 266 g/mol. The van der Waals surface area contributed by atoms with Crippen LogP contribution in [0.15, 0.2) is 16.7 Å². The van der Waals surface area contributed by atoms with Crippen molar-refractivity contribution in [1.29, 1.82) is 0 Å². The molecule has 4 heteroatoms. The van der Waals surface area contributed by atoms with Crippen molar-refractivity contribution < 1.29 is 9.15 Å². The summed E-state index contributed by atoms with van der Waals surface area (Å²) in [5.74, 6) is 1.06. The molecule has 0 aliphatic carbocycles.